The van der Waals surface area contributed by atoms with Gasteiger partial charge in [-0.1, -0.05) is 29.8 Å². The molecule has 0 aliphatic carbocycles. The summed E-state index contributed by atoms with van der Waals surface area (Å²) in [7, 11) is 0. The van der Waals surface area contributed by atoms with Crippen molar-refractivity contribution in [2.45, 2.75) is 6.42 Å². The second-order valence-electron chi connectivity index (χ2n) is 3.99. The molecule has 0 aliphatic heterocycles. The normalized spacial score (nSPS) is 10.9. The van der Waals surface area contributed by atoms with Crippen LogP contribution < -0.4 is 0 Å². The lowest BCUT2D eigenvalue weighted by Crippen LogP contribution is -1.92. The minimum Gasteiger partial charge on any atom is -0.506 e. The molecule has 2 heterocycles. The molecule has 0 radical (unpaired) electrons. The third-order valence-electron chi connectivity index (χ3n) is 2.67. The number of rotatable bonds is 2. The van der Waals surface area contributed by atoms with Crippen LogP contribution in [0.1, 0.15) is 11.4 Å². The monoisotopic (exact) mass is 259 g/mol. The van der Waals surface area contributed by atoms with Crippen molar-refractivity contribution < 1.29 is 5.11 Å². The van der Waals surface area contributed by atoms with Gasteiger partial charge in [-0.15, -0.1) is 0 Å². The van der Waals surface area contributed by atoms with Gasteiger partial charge in [0.25, 0.3) is 0 Å². The zero-order valence-electron chi connectivity index (χ0n) is 9.42. The summed E-state index contributed by atoms with van der Waals surface area (Å²) in [6.45, 7) is 0. The number of aromatic hydroxyl groups is 1. The molecule has 0 fully saturated rings. The molecule has 1 aromatic carbocycles. The summed E-state index contributed by atoms with van der Waals surface area (Å²) in [4.78, 5) is 4.37. The number of pyridine rings is 1. The van der Waals surface area contributed by atoms with Gasteiger partial charge < -0.3 is 5.11 Å². The SMILES string of the molecule is Oc1ccc2nc(Cc3ccccc3Cl)nn2c1. The highest BCUT2D eigenvalue weighted by Crippen LogP contribution is 2.18. The molecule has 4 nitrogen and oxygen atoms in total. The predicted molar refractivity (Wildman–Crippen MR) is 68.9 cm³/mol. The maximum absolute atomic E-state index is 9.36. The Bertz CT molecular complexity index is 708. The Morgan fingerprint density at radius 3 is 2.83 bits per heavy atom. The van der Waals surface area contributed by atoms with E-state index < -0.39 is 0 Å². The molecule has 2 aromatic heterocycles. The lowest BCUT2D eigenvalue weighted by Gasteiger charge is -1.99. The highest BCUT2D eigenvalue weighted by molar-refractivity contribution is 6.31. The van der Waals surface area contributed by atoms with Gasteiger partial charge in [-0.05, 0) is 23.8 Å². The van der Waals surface area contributed by atoms with E-state index in [0.717, 1.165) is 5.56 Å². The van der Waals surface area contributed by atoms with E-state index in [-0.39, 0.29) is 5.75 Å². The number of benzene rings is 1. The molecule has 0 aliphatic rings. The summed E-state index contributed by atoms with van der Waals surface area (Å²) in [6, 6.07) is 10.9. The van der Waals surface area contributed by atoms with Crippen LogP contribution in [-0.4, -0.2) is 19.7 Å². The quantitative estimate of drug-likeness (QED) is 0.770. The van der Waals surface area contributed by atoms with E-state index in [4.69, 9.17) is 11.6 Å². The predicted octanol–water partition coefficient (Wildman–Crippen LogP) is 2.68. The Morgan fingerprint density at radius 1 is 1.17 bits per heavy atom. The first kappa shape index (κ1) is 11.0. The lowest BCUT2D eigenvalue weighted by molar-refractivity contribution is 0.470. The lowest BCUT2D eigenvalue weighted by atomic mass is 10.1. The molecular formula is C13H10ClN3O. The van der Waals surface area contributed by atoms with E-state index in [1.165, 1.54) is 6.20 Å². The van der Waals surface area contributed by atoms with Crippen molar-refractivity contribution in [3.05, 3.63) is 59.0 Å². The van der Waals surface area contributed by atoms with Crippen molar-refractivity contribution in [3.8, 4) is 5.75 Å². The summed E-state index contributed by atoms with van der Waals surface area (Å²) in [5, 5.41) is 14.4. The molecule has 0 saturated carbocycles. The molecular weight excluding hydrogens is 250 g/mol. The topological polar surface area (TPSA) is 50.4 Å². The van der Waals surface area contributed by atoms with Crippen LogP contribution in [0.3, 0.4) is 0 Å². The Morgan fingerprint density at radius 2 is 2.00 bits per heavy atom. The number of aromatic nitrogens is 3. The standard InChI is InChI=1S/C13H10ClN3O/c14-11-4-2-1-3-9(11)7-12-15-13-6-5-10(18)8-17(13)16-12/h1-6,8,18H,7H2. The Kier molecular flexibility index (Phi) is 2.64. The zero-order chi connectivity index (χ0) is 12.5. The molecule has 0 spiro atoms. The summed E-state index contributed by atoms with van der Waals surface area (Å²) in [6.07, 6.45) is 2.10. The van der Waals surface area contributed by atoms with Crippen LogP contribution in [0.25, 0.3) is 5.65 Å². The van der Waals surface area contributed by atoms with E-state index in [1.807, 2.05) is 24.3 Å². The average molecular weight is 260 g/mol. The molecule has 5 heteroatoms. The van der Waals surface area contributed by atoms with Crippen LogP contribution in [0.15, 0.2) is 42.6 Å². The average Bonchev–Trinajstić information content (AvgIpc) is 2.73. The number of hydrogen-bond acceptors (Lipinski definition) is 3. The highest BCUT2D eigenvalue weighted by atomic mass is 35.5. The smallest absolute Gasteiger partial charge is 0.156 e. The van der Waals surface area contributed by atoms with Crippen LogP contribution in [0.5, 0.6) is 5.75 Å². The molecule has 90 valence electrons. The Labute approximate surface area is 108 Å². The Balaban J connectivity index is 1.98. The molecule has 0 saturated heterocycles. The fourth-order valence-corrected chi connectivity index (χ4v) is 2.01. The second kappa shape index (κ2) is 4.31. The fourth-order valence-electron chi connectivity index (χ4n) is 1.81. The summed E-state index contributed by atoms with van der Waals surface area (Å²) in [5.74, 6) is 0.838. The zero-order valence-corrected chi connectivity index (χ0v) is 10.2. The molecule has 0 bridgehead atoms. The van der Waals surface area contributed by atoms with E-state index >= 15 is 0 Å². The Hall–Kier alpha value is -2.07. The number of fused-ring (bicyclic) bond motifs is 1. The first-order valence-corrected chi connectivity index (χ1v) is 5.88. The molecule has 3 rings (SSSR count). The molecule has 1 N–H and O–H groups in total. The maximum Gasteiger partial charge on any atom is 0.156 e. The van der Waals surface area contributed by atoms with E-state index in [9.17, 15) is 5.11 Å². The van der Waals surface area contributed by atoms with Crippen LogP contribution in [0, 0.1) is 0 Å². The van der Waals surface area contributed by atoms with Crippen molar-refractivity contribution in [1.29, 1.82) is 0 Å². The molecule has 18 heavy (non-hydrogen) atoms. The number of hydrogen-bond donors (Lipinski definition) is 1. The van der Waals surface area contributed by atoms with Gasteiger partial charge in [0.05, 0.1) is 6.20 Å². The summed E-state index contributed by atoms with van der Waals surface area (Å²) >= 11 is 6.10. The van der Waals surface area contributed by atoms with Gasteiger partial charge in [0, 0.05) is 11.4 Å². The number of nitrogens with zero attached hydrogens (tertiary/aromatic N) is 3. The van der Waals surface area contributed by atoms with Crippen molar-refractivity contribution in [2.24, 2.45) is 0 Å². The highest BCUT2D eigenvalue weighted by Gasteiger charge is 2.07. The molecule has 3 aromatic rings. The van der Waals surface area contributed by atoms with Crippen molar-refractivity contribution in [1.82, 2.24) is 14.6 Å². The molecule has 0 amide bonds. The van der Waals surface area contributed by atoms with Gasteiger partial charge >= 0.3 is 0 Å². The first-order chi connectivity index (χ1) is 8.72. The van der Waals surface area contributed by atoms with Crippen molar-refractivity contribution >= 4 is 17.2 Å². The van der Waals surface area contributed by atoms with Crippen LogP contribution in [0.2, 0.25) is 5.02 Å². The van der Waals surface area contributed by atoms with Gasteiger partial charge in [-0.25, -0.2) is 9.50 Å². The number of halogens is 1. The summed E-state index contributed by atoms with van der Waals surface area (Å²) in [5.41, 5.74) is 1.69. The maximum atomic E-state index is 9.36. The van der Waals surface area contributed by atoms with Gasteiger partial charge in [-0.3, -0.25) is 0 Å². The second-order valence-corrected chi connectivity index (χ2v) is 4.39. The van der Waals surface area contributed by atoms with Gasteiger partial charge in [0.1, 0.15) is 5.75 Å². The van der Waals surface area contributed by atoms with Gasteiger partial charge in [-0.2, -0.15) is 5.10 Å². The minimum absolute atomic E-state index is 0.164. The van der Waals surface area contributed by atoms with Crippen molar-refractivity contribution in [2.75, 3.05) is 0 Å². The van der Waals surface area contributed by atoms with Crippen molar-refractivity contribution in [3.63, 3.8) is 0 Å². The third kappa shape index (κ3) is 2.02. The third-order valence-corrected chi connectivity index (χ3v) is 3.03. The summed E-state index contributed by atoms with van der Waals surface area (Å²) < 4.78 is 1.56. The van der Waals surface area contributed by atoms with E-state index in [0.29, 0.717) is 22.9 Å². The largest absolute Gasteiger partial charge is 0.506 e. The van der Waals surface area contributed by atoms with Crippen LogP contribution in [0.4, 0.5) is 0 Å². The molecule has 0 atom stereocenters. The first-order valence-electron chi connectivity index (χ1n) is 5.50. The van der Waals surface area contributed by atoms with Crippen LogP contribution >= 0.6 is 11.6 Å². The van der Waals surface area contributed by atoms with E-state index in [1.54, 1.807) is 16.6 Å². The van der Waals surface area contributed by atoms with Crippen LogP contribution in [-0.2, 0) is 6.42 Å². The molecule has 0 unspecified atom stereocenters. The fraction of sp³-hybridized carbons (Fsp3) is 0.0769. The van der Waals surface area contributed by atoms with Gasteiger partial charge in [0.2, 0.25) is 0 Å². The van der Waals surface area contributed by atoms with E-state index in [2.05, 4.69) is 10.1 Å². The minimum atomic E-state index is 0.164. The van der Waals surface area contributed by atoms with Gasteiger partial charge in [0.15, 0.2) is 11.5 Å².